The third-order valence-corrected chi connectivity index (χ3v) is 6.39. The fourth-order valence-electron chi connectivity index (χ4n) is 2.86. The molecule has 0 unspecified atom stereocenters. The van der Waals surface area contributed by atoms with Gasteiger partial charge in [-0.25, -0.2) is 8.42 Å². The molecule has 2 N–H and O–H groups in total. The SMILES string of the molecule is CCCNC(=O)CNC(=O)C1CCN(S(=O)(=O)c2ccc(C)cc2)CC1. The van der Waals surface area contributed by atoms with Crippen LogP contribution in [0.2, 0.25) is 0 Å². The molecule has 7 nitrogen and oxygen atoms in total. The molecule has 2 amide bonds. The predicted molar refractivity (Wildman–Crippen MR) is 99.0 cm³/mol. The lowest BCUT2D eigenvalue weighted by molar-refractivity contribution is -0.129. The normalized spacial score (nSPS) is 16.2. The minimum absolute atomic E-state index is 0.0410. The fraction of sp³-hybridized carbons (Fsp3) is 0.556. The van der Waals surface area contributed by atoms with Crippen LogP contribution in [-0.2, 0) is 19.6 Å². The third-order valence-electron chi connectivity index (χ3n) is 4.48. The smallest absolute Gasteiger partial charge is 0.243 e. The van der Waals surface area contributed by atoms with Crippen molar-refractivity contribution in [2.45, 2.75) is 38.0 Å². The Morgan fingerprint density at radius 1 is 1.12 bits per heavy atom. The summed E-state index contributed by atoms with van der Waals surface area (Å²) in [6.45, 7) is 5.01. The number of carbonyl (C=O) groups is 2. The number of hydrogen-bond donors (Lipinski definition) is 2. The van der Waals surface area contributed by atoms with Gasteiger partial charge in [0.25, 0.3) is 0 Å². The van der Waals surface area contributed by atoms with Gasteiger partial charge in [0.05, 0.1) is 11.4 Å². The minimum atomic E-state index is -3.53. The quantitative estimate of drug-likeness (QED) is 0.738. The van der Waals surface area contributed by atoms with E-state index in [1.54, 1.807) is 24.3 Å². The molecule has 1 fully saturated rings. The van der Waals surface area contributed by atoms with E-state index < -0.39 is 10.0 Å². The zero-order valence-corrected chi connectivity index (χ0v) is 16.1. The summed E-state index contributed by atoms with van der Waals surface area (Å²) in [6.07, 6.45) is 1.74. The number of piperidine rings is 1. The number of sulfonamides is 1. The van der Waals surface area contributed by atoms with Crippen molar-refractivity contribution in [3.8, 4) is 0 Å². The van der Waals surface area contributed by atoms with Crippen LogP contribution in [0.15, 0.2) is 29.2 Å². The number of rotatable bonds is 7. The Bertz CT molecular complexity index is 723. The zero-order valence-electron chi connectivity index (χ0n) is 15.3. The standard InChI is InChI=1S/C18H27N3O4S/c1-3-10-19-17(22)13-20-18(23)15-8-11-21(12-9-15)26(24,25)16-6-4-14(2)5-7-16/h4-7,15H,3,8-13H2,1-2H3,(H,19,22)(H,20,23). The molecule has 1 aromatic carbocycles. The molecule has 1 heterocycles. The van der Waals surface area contributed by atoms with Gasteiger partial charge in [0.1, 0.15) is 0 Å². The Kier molecular flexibility index (Phi) is 7.16. The van der Waals surface area contributed by atoms with E-state index in [0.717, 1.165) is 12.0 Å². The highest BCUT2D eigenvalue weighted by molar-refractivity contribution is 7.89. The highest BCUT2D eigenvalue weighted by Crippen LogP contribution is 2.24. The largest absolute Gasteiger partial charge is 0.355 e. The first-order valence-electron chi connectivity index (χ1n) is 8.96. The second-order valence-electron chi connectivity index (χ2n) is 6.56. The third kappa shape index (κ3) is 5.28. The number of amides is 2. The van der Waals surface area contributed by atoms with E-state index in [4.69, 9.17) is 0 Å². The lowest BCUT2D eigenvalue weighted by Crippen LogP contribution is -2.45. The van der Waals surface area contributed by atoms with Gasteiger partial charge in [-0.2, -0.15) is 4.31 Å². The van der Waals surface area contributed by atoms with E-state index in [1.807, 2.05) is 13.8 Å². The number of carbonyl (C=O) groups excluding carboxylic acids is 2. The van der Waals surface area contributed by atoms with E-state index >= 15 is 0 Å². The Hall–Kier alpha value is -1.93. The maximum Gasteiger partial charge on any atom is 0.243 e. The summed E-state index contributed by atoms with van der Waals surface area (Å²) in [4.78, 5) is 24.0. The highest BCUT2D eigenvalue weighted by Gasteiger charge is 2.32. The van der Waals surface area contributed by atoms with Crippen LogP contribution in [0.5, 0.6) is 0 Å². The van der Waals surface area contributed by atoms with E-state index in [0.29, 0.717) is 32.5 Å². The monoisotopic (exact) mass is 381 g/mol. The molecule has 1 aliphatic heterocycles. The minimum Gasteiger partial charge on any atom is -0.355 e. The van der Waals surface area contributed by atoms with Crippen molar-refractivity contribution in [3.05, 3.63) is 29.8 Å². The molecule has 0 aliphatic carbocycles. The van der Waals surface area contributed by atoms with E-state index in [2.05, 4.69) is 10.6 Å². The molecule has 1 aliphatic rings. The lowest BCUT2D eigenvalue weighted by atomic mass is 9.97. The molecule has 0 radical (unpaired) electrons. The molecule has 144 valence electrons. The van der Waals surface area contributed by atoms with Crippen LogP contribution in [-0.4, -0.2) is 50.7 Å². The fourth-order valence-corrected chi connectivity index (χ4v) is 4.33. The van der Waals surface area contributed by atoms with Gasteiger partial charge in [0.15, 0.2) is 0 Å². The van der Waals surface area contributed by atoms with E-state index in [9.17, 15) is 18.0 Å². The molecule has 0 aromatic heterocycles. The van der Waals surface area contributed by atoms with Crippen LogP contribution in [0, 0.1) is 12.8 Å². The summed E-state index contributed by atoms with van der Waals surface area (Å²) in [7, 11) is -3.53. The maximum atomic E-state index is 12.7. The number of aryl methyl sites for hydroxylation is 1. The highest BCUT2D eigenvalue weighted by atomic mass is 32.2. The Balaban J connectivity index is 1.85. The number of nitrogens with one attached hydrogen (secondary N) is 2. The second-order valence-corrected chi connectivity index (χ2v) is 8.50. The van der Waals surface area contributed by atoms with Crippen LogP contribution in [0.25, 0.3) is 0 Å². The summed E-state index contributed by atoms with van der Waals surface area (Å²) in [5.41, 5.74) is 1.00. The molecule has 1 aromatic rings. The summed E-state index contributed by atoms with van der Waals surface area (Å²) in [5, 5.41) is 5.33. The molecule has 26 heavy (non-hydrogen) atoms. The molecule has 0 bridgehead atoms. The summed E-state index contributed by atoms with van der Waals surface area (Å²) >= 11 is 0. The van der Waals surface area contributed by atoms with Gasteiger partial charge in [-0.15, -0.1) is 0 Å². The van der Waals surface area contributed by atoms with Crippen molar-refractivity contribution in [1.82, 2.24) is 14.9 Å². The van der Waals surface area contributed by atoms with Gasteiger partial charge in [-0.1, -0.05) is 24.6 Å². The summed E-state index contributed by atoms with van der Waals surface area (Å²) in [6, 6.07) is 6.77. The predicted octanol–water partition coefficient (Wildman–Crippen LogP) is 1.04. The van der Waals surface area contributed by atoms with Gasteiger partial charge in [0, 0.05) is 25.6 Å². The molecular weight excluding hydrogens is 354 g/mol. The van der Waals surface area contributed by atoms with Crippen molar-refractivity contribution in [2.75, 3.05) is 26.2 Å². The van der Waals surface area contributed by atoms with Crippen LogP contribution in [0.1, 0.15) is 31.7 Å². The van der Waals surface area contributed by atoms with E-state index in [1.165, 1.54) is 4.31 Å². The van der Waals surface area contributed by atoms with E-state index in [-0.39, 0.29) is 29.2 Å². The van der Waals surface area contributed by atoms with Gasteiger partial charge in [-0.05, 0) is 38.3 Å². The van der Waals surface area contributed by atoms with Crippen molar-refractivity contribution in [2.24, 2.45) is 5.92 Å². The zero-order chi connectivity index (χ0) is 19.2. The molecule has 0 atom stereocenters. The van der Waals surface area contributed by atoms with Crippen LogP contribution >= 0.6 is 0 Å². The average molecular weight is 381 g/mol. The topological polar surface area (TPSA) is 95.6 Å². The first-order valence-corrected chi connectivity index (χ1v) is 10.4. The molecule has 1 saturated heterocycles. The average Bonchev–Trinajstić information content (AvgIpc) is 2.64. The molecule has 8 heteroatoms. The van der Waals surface area contributed by atoms with Crippen molar-refractivity contribution in [1.29, 1.82) is 0 Å². The molecule has 0 saturated carbocycles. The Morgan fingerprint density at radius 2 is 1.73 bits per heavy atom. The van der Waals surface area contributed by atoms with Crippen molar-refractivity contribution < 1.29 is 18.0 Å². The van der Waals surface area contributed by atoms with Gasteiger partial charge in [0.2, 0.25) is 21.8 Å². The van der Waals surface area contributed by atoms with Crippen molar-refractivity contribution >= 4 is 21.8 Å². The molecule has 0 spiro atoms. The molecular formula is C18H27N3O4S. The Labute approximate surface area is 155 Å². The number of benzene rings is 1. The van der Waals surface area contributed by atoms with Crippen molar-refractivity contribution in [3.63, 3.8) is 0 Å². The lowest BCUT2D eigenvalue weighted by Gasteiger charge is -2.30. The molecule has 2 rings (SSSR count). The number of hydrogen-bond acceptors (Lipinski definition) is 4. The van der Waals surface area contributed by atoms with Gasteiger partial charge >= 0.3 is 0 Å². The van der Waals surface area contributed by atoms with Crippen LogP contribution < -0.4 is 10.6 Å². The van der Waals surface area contributed by atoms with Gasteiger partial charge in [-0.3, -0.25) is 9.59 Å². The van der Waals surface area contributed by atoms with Crippen LogP contribution in [0.4, 0.5) is 0 Å². The van der Waals surface area contributed by atoms with Gasteiger partial charge < -0.3 is 10.6 Å². The first kappa shape index (κ1) is 20.4. The maximum absolute atomic E-state index is 12.7. The summed E-state index contributed by atoms with van der Waals surface area (Å²) < 4.78 is 26.8. The second kappa shape index (κ2) is 9.14. The van der Waals surface area contributed by atoms with Crippen LogP contribution in [0.3, 0.4) is 0 Å². The first-order chi connectivity index (χ1) is 12.3. The number of nitrogens with zero attached hydrogens (tertiary/aromatic N) is 1. The summed E-state index contributed by atoms with van der Waals surface area (Å²) in [5.74, 6) is -0.665. The Morgan fingerprint density at radius 3 is 2.31 bits per heavy atom.